The minimum absolute atomic E-state index is 0.0871. The fraction of sp³-hybridized carbons (Fsp3) is 0.286. The lowest BCUT2D eigenvalue weighted by Crippen LogP contribution is -2.50. The van der Waals surface area contributed by atoms with Gasteiger partial charge in [-0.25, -0.2) is 9.18 Å². The summed E-state index contributed by atoms with van der Waals surface area (Å²) in [6, 6.07) is 4.18. The molecule has 1 N–H and O–H groups in total. The van der Waals surface area contributed by atoms with Crippen molar-refractivity contribution in [1.29, 1.82) is 0 Å². The van der Waals surface area contributed by atoms with Gasteiger partial charge in [0.15, 0.2) is 0 Å². The molecular weight excluding hydrogens is 285 g/mol. The summed E-state index contributed by atoms with van der Waals surface area (Å²) in [6.07, 6.45) is 2.32. The number of likely N-dealkylation sites (N-methyl/N-ethyl adjacent to an activating group) is 1. The molecule has 0 saturated heterocycles. The third-order valence-corrected chi connectivity index (χ3v) is 3.41. The highest BCUT2D eigenvalue weighted by Gasteiger charge is 2.34. The predicted octanol–water partition coefficient (Wildman–Crippen LogP) is 2.81. The van der Waals surface area contributed by atoms with E-state index in [2.05, 4.69) is 0 Å². The van der Waals surface area contributed by atoms with Gasteiger partial charge in [-0.2, -0.15) is 0 Å². The first-order valence-corrected chi connectivity index (χ1v) is 6.19. The maximum absolute atomic E-state index is 13.5. The van der Waals surface area contributed by atoms with E-state index in [0.29, 0.717) is 0 Å². The Kier molecular flexibility index (Phi) is 4.89. The van der Waals surface area contributed by atoms with Crippen molar-refractivity contribution in [2.45, 2.75) is 19.4 Å². The molecule has 6 heteroatoms. The first-order chi connectivity index (χ1) is 9.17. The Morgan fingerprint density at radius 1 is 1.40 bits per heavy atom. The van der Waals surface area contributed by atoms with Crippen molar-refractivity contribution in [3.05, 3.63) is 40.7 Å². The lowest BCUT2D eigenvalue weighted by molar-refractivity contribution is -0.153. The van der Waals surface area contributed by atoms with Crippen molar-refractivity contribution in [3.8, 4) is 0 Å². The molecule has 108 valence electrons. The van der Waals surface area contributed by atoms with Crippen LogP contribution in [0.1, 0.15) is 19.4 Å². The maximum atomic E-state index is 13.5. The zero-order chi connectivity index (χ0) is 15.5. The SMILES string of the molecule is CN(C(=O)C=Cc1c(F)cccc1Cl)C(C)(C)C(=O)O. The van der Waals surface area contributed by atoms with Crippen LogP contribution < -0.4 is 0 Å². The average molecular weight is 300 g/mol. The predicted molar refractivity (Wildman–Crippen MR) is 74.9 cm³/mol. The smallest absolute Gasteiger partial charge is 0.329 e. The van der Waals surface area contributed by atoms with Crippen LogP contribution in [0, 0.1) is 5.82 Å². The monoisotopic (exact) mass is 299 g/mol. The number of aliphatic carboxylic acids is 1. The lowest BCUT2D eigenvalue weighted by Gasteiger charge is -2.30. The highest BCUT2D eigenvalue weighted by molar-refractivity contribution is 6.32. The quantitative estimate of drug-likeness (QED) is 0.870. The fourth-order valence-electron chi connectivity index (χ4n) is 1.36. The van der Waals surface area contributed by atoms with E-state index in [1.807, 2.05) is 0 Å². The van der Waals surface area contributed by atoms with E-state index >= 15 is 0 Å². The van der Waals surface area contributed by atoms with Crippen molar-refractivity contribution in [2.24, 2.45) is 0 Å². The van der Waals surface area contributed by atoms with E-state index in [4.69, 9.17) is 16.7 Å². The Bertz CT molecular complexity index is 549. The number of hydrogen-bond acceptors (Lipinski definition) is 2. The second kappa shape index (κ2) is 6.05. The molecule has 1 aromatic rings. The van der Waals surface area contributed by atoms with Gasteiger partial charge in [-0.15, -0.1) is 0 Å². The van der Waals surface area contributed by atoms with Crippen LogP contribution in [-0.4, -0.2) is 34.5 Å². The molecule has 1 amide bonds. The van der Waals surface area contributed by atoms with Crippen LogP contribution in [-0.2, 0) is 9.59 Å². The van der Waals surface area contributed by atoms with Crippen molar-refractivity contribution in [1.82, 2.24) is 4.90 Å². The Morgan fingerprint density at radius 3 is 2.50 bits per heavy atom. The number of hydrogen-bond donors (Lipinski definition) is 1. The third kappa shape index (κ3) is 3.36. The second-order valence-corrected chi connectivity index (χ2v) is 5.14. The zero-order valence-corrected chi connectivity index (χ0v) is 12.1. The fourth-order valence-corrected chi connectivity index (χ4v) is 1.58. The van der Waals surface area contributed by atoms with Gasteiger partial charge in [0, 0.05) is 18.7 Å². The normalized spacial score (nSPS) is 11.7. The summed E-state index contributed by atoms with van der Waals surface area (Å²) in [5, 5.41) is 9.21. The van der Waals surface area contributed by atoms with Gasteiger partial charge in [-0.05, 0) is 32.1 Å². The molecule has 0 aliphatic carbocycles. The van der Waals surface area contributed by atoms with Crippen LogP contribution in [0.25, 0.3) is 6.08 Å². The molecule has 1 aromatic carbocycles. The standard InChI is InChI=1S/C14H15ClFNO3/c1-14(2,13(19)20)17(3)12(18)8-7-9-10(15)5-4-6-11(9)16/h4-8H,1-3H3,(H,19,20). The van der Waals surface area contributed by atoms with Gasteiger partial charge in [-0.1, -0.05) is 17.7 Å². The highest BCUT2D eigenvalue weighted by Crippen LogP contribution is 2.21. The molecule has 0 aromatic heterocycles. The Morgan fingerprint density at radius 2 is 2.00 bits per heavy atom. The average Bonchev–Trinajstić information content (AvgIpc) is 2.36. The summed E-state index contributed by atoms with van der Waals surface area (Å²) < 4.78 is 13.5. The molecule has 0 fully saturated rings. The number of rotatable bonds is 4. The van der Waals surface area contributed by atoms with Gasteiger partial charge in [0.1, 0.15) is 11.4 Å². The molecule has 1 rings (SSSR count). The number of carboxylic acid groups (broad SMARTS) is 1. The van der Waals surface area contributed by atoms with Crippen molar-refractivity contribution in [3.63, 3.8) is 0 Å². The molecule has 0 aliphatic heterocycles. The summed E-state index contributed by atoms with van der Waals surface area (Å²) in [7, 11) is 1.36. The largest absolute Gasteiger partial charge is 0.480 e. The molecule has 0 radical (unpaired) electrons. The number of amides is 1. The molecule has 0 aliphatic rings. The summed E-state index contributed by atoms with van der Waals surface area (Å²) in [6.45, 7) is 2.80. The van der Waals surface area contributed by atoms with Gasteiger partial charge in [0.25, 0.3) is 0 Å². The molecule has 0 atom stereocenters. The van der Waals surface area contributed by atoms with E-state index in [-0.39, 0.29) is 10.6 Å². The van der Waals surface area contributed by atoms with E-state index in [1.165, 1.54) is 45.2 Å². The van der Waals surface area contributed by atoms with Crippen LogP contribution in [0.4, 0.5) is 4.39 Å². The molecule has 0 saturated carbocycles. The van der Waals surface area contributed by atoms with E-state index in [9.17, 15) is 14.0 Å². The van der Waals surface area contributed by atoms with E-state index in [0.717, 1.165) is 11.0 Å². The summed E-state index contributed by atoms with van der Waals surface area (Å²) >= 11 is 5.82. The topological polar surface area (TPSA) is 57.6 Å². The third-order valence-electron chi connectivity index (χ3n) is 3.08. The maximum Gasteiger partial charge on any atom is 0.329 e. The van der Waals surface area contributed by atoms with Crippen LogP contribution >= 0.6 is 11.6 Å². The van der Waals surface area contributed by atoms with Crippen molar-refractivity contribution >= 4 is 29.6 Å². The minimum Gasteiger partial charge on any atom is -0.480 e. The number of nitrogens with zero attached hydrogens (tertiary/aromatic N) is 1. The number of carboxylic acids is 1. The molecule has 0 unspecified atom stereocenters. The van der Waals surface area contributed by atoms with E-state index < -0.39 is 23.2 Å². The Labute approximate surface area is 121 Å². The summed E-state index contributed by atoms with van der Waals surface area (Å²) in [5.74, 6) is -2.25. The second-order valence-electron chi connectivity index (χ2n) is 4.73. The molecule has 0 spiro atoms. The zero-order valence-electron chi connectivity index (χ0n) is 11.4. The van der Waals surface area contributed by atoms with Crippen LogP contribution in [0.3, 0.4) is 0 Å². The highest BCUT2D eigenvalue weighted by atomic mass is 35.5. The van der Waals surface area contributed by atoms with Crippen LogP contribution in [0.2, 0.25) is 5.02 Å². The van der Waals surface area contributed by atoms with Gasteiger partial charge in [-0.3, -0.25) is 4.79 Å². The van der Waals surface area contributed by atoms with Crippen LogP contribution in [0.15, 0.2) is 24.3 Å². The number of benzene rings is 1. The summed E-state index contributed by atoms with van der Waals surface area (Å²) in [4.78, 5) is 24.0. The van der Waals surface area contributed by atoms with Gasteiger partial charge in [0.05, 0.1) is 5.02 Å². The molecule has 4 nitrogen and oxygen atoms in total. The lowest BCUT2D eigenvalue weighted by atomic mass is 10.0. The molecule has 0 heterocycles. The molecular formula is C14H15ClFNO3. The first-order valence-electron chi connectivity index (χ1n) is 5.81. The number of halogens is 2. The van der Waals surface area contributed by atoms with Crippen molar-refractivity contribution < 1.29 is 19.1 Å². The molecule has 0 bridgehead atoms. The number of carbonyl (C=O) groups excluding carboxylic acids is 1. The minimum atomic E-state index is -1.36. The Balaban J connectivity index is 2.96. The van der Waals surface area contributed by atoms with Gasteiger partial charge < -0.3 is 10.0 Å². The van der Waals surface area contributed by atoms with Crippen LogP contribution in [0.5, 0.6) is 0 Å². The van der Waals surface area contributed by atoms with E-state index in [1.54, 1.807) is 0 Å². The Hall–Kier alpha value is -1.88. The summed E-state index contributed by atoms with van der Waals surface area (Å²) in [5.41, 5.74) is -1.27. The van der Waals surface area contributed by atoms with Gasteiger partial charge >= 0.3 is 5.97 Å². The number of carbonyl (C=O) groups is 2. The van der Waals surface area contributed by atoms with Crippen molar-refractivity contribution in [2.75, 3.05) is 7.05 Å². The molecule has 20 heavy (non-hydrogen) atoms. The van der Waals surface area contributed by atoms with Gasteiger partial charge in [0.2, 0.25) is 5.91 Å². The first kappa shape index (κ1) is 16.2.